The smallest absolute Gasteiger partial charge is 0.251 e. The van der Waals surface area contributed by atoms with Gasteiger partial charge < -0.3 is 15.8 Å². The molecule has 2 fully saturated rings. The van der Waals surface area contributed by atoms with Gasteiger partial charge in [-0.3, -0.25) is 9.78 Å². The third kappa shape index (κ3) is 5.84. The Morgan fingerprint density at radius 2 is 1.76 bits per heavy atom. The van der Waals surface area contributed by atoms with Crippen LogP contribution in [-0.4, -0.2) is 23.0 Å². The second-order valence-electron chi connectivity index (χ2n) is 7.82. The van der Waals surface area contributed by atoms with Gasteiger partial charge in [0.25, 0.3) is 5.91 Å². The van der Waals surface area contributed by atoms with Crippen molar-refractivity contribution in [2.45, 2.75) is 50.8 Å². The number of aromatic nitrogens is 1. The Morgan fingerprint density at radius 3 is 2.38 bits per heavy atom. The Morgan fingerprint density at radius 1 is 1.07 bits per heavy atom. The number of carbonyl (C=O) groups is 1. The van der Waals surface area contributed by atoms with Gasteiger partial charge in [0, 0.05) is 23.8 Å². The predicted molar refractivity (Wildman–Crippen MR) is 119 cm³/mol. The molecule has 7 heteroatoms. The SMILES string of the molecule is Cl.Cl.NC1CC2CCCC(C1)C2NC(=O)c1ccc(OCc2ccccn2)cc1. The molecule has 2 unspecified atom stereocenters. The van der Waals surface area contributed by atoms with E-state index in [2.05, 4.69) is 10.3 Å². The van der Waals surface area contributed by atoms with E-state index in [1.807, 2.05) is 42.5 Å². The summed E-state index contributed by atoms with van der Waals surface area (Å²) in [7, 11) is 0. The van der Waals surface area contributed by atoms with E-state index in [1.165, 1.54) is 19.3 Å². The lowest BCUT2D eigenvalue weighted by molar-refractivity contribution is 0.0756. The molecule has 1 amide bonds. The highest BCUT2D eigenvalue weighted by Gasteiger charge is 2.39. The number of nitrogens with one attached hydrogen (secondary N) is 1. The molecule has 1 aromatic carbocycles. The number of ether oxygens (including phenoxy) is 1. The molecule has 3 N–H and O–H groups in total. The number of halogens is 2. The first-order valence-electron chi connectivity index (χ1n) is 9.88. The Balaban J connectivity index is 0.00000150. The highest BCUT2D eigenvalue weighted by atomic mass is 35.5. The molecule has 2 aromatic rings. The molecular weight excluding hydrogens is 409 g/mol. The summed E-state index contributed by atoms with van der Waals surface area (Å²) in [5.41, 5.74) is 7.74. The molecule has 1 heterocycles. The summed E-state index contributed by atoms with van der Waals surface area (Å²) < 4.78 is 5.74. The summed E-state index contributed by atoms with van der Waals surface area (Å²) in [6.45, 7) is 0.415. The van der Waals surface area contributed by atoms with Crippen molar-refractivity contribution >= 4 is 30.7 Å². The van der Waals surface area contributed by atoms with Gasteiger partial charge in [-0.25, -0.2) is 0 Å². The summed E-state index contributed by atoms with van der Waals surface area (Å²) in [5, 5.41) is 3.29. The van der Waals surface area contributed by atoms with Gasteiger partial charge in [-0.1, -0.05) is 12.5 Å². The second-order valence-corrected chi connectivity index (χ2v) is 7.82. The number of rotatable bonds is 5. The normalized spacial score (nSPS) is 25.1. The van der Waals surface area contributed by atoms with Gasteiger partial charge in [0.2, 0.25) is 0 Å². The number of fused-ring (bicyclic) bond motifs is 2. The van der Waals surface area contributed by atoms with Gasteiger partial charge >= 0.3 is 0 Å². The quantitative estimate of drug-likeness (QED) is 0.736. The monoisotopic (exact) mass is 437 g/mol. The molecule has 2 atom stereocenters. The minimum atomic E-state index is 0. The predicted octanol–water partition coefficient (Wildman–Crippen LogP) is 4.14. The van der Waals surface area contributed by atoms with Crippen LogP contribution in [0, 0.1) is 11.8 Å². The fraction of sp³-hybridized carbons (Fsp3) is 0.455. The van der Waals surface area contributed by atoms with Crippen LogP contribution >= 0.6 is 24.8 Å². The summed E-state index contributed by atoms with van der Waals surface area (Å²) >= 11 is 0. The topological polar surface area (TPSA) is 77.2 Å². The zero-order valence-electron chi connectivity index (χ0n) is 16.3. The Labute approximate surface area is 184 Å². The van der Waals surface area contributed by atoms with Crippen LogP contribution in [0.25, 0.3) is 0 Å². The van der Waals surface area contributed by atoms with E-state index in [-0.39, 0.29) is 36.8 Å². The van der Waals surface area contributed by atoms with Crippen molar-refractivity contribution < 1.29 is 9.53 Å². The van der Waals surface area contributed by atoms with E-state index in [4.69, 9.17) is 10.5 Å². The maximum absolute atomic E-state index is 12.7. The summed E-state index contributed by atoms with van der Waals surface area (Å²) in [6, 6.07) is 13.6. The van der Waals surface area contributed by atoms with Crippen molar-refractivity contribution in [3.8, 4) is 5.75 Å². The minimum absolute atomic E-state index is 0. The highest BCUT2D eigenvalue weighted by molar-refractivity contribution is 5.94. The zero-order valence-corrected chi connectivity index (χ0v) is 18.0. The standard InChI is InChI=1S/C22H27N3O2.2ClH/c23-18-12-16-4-3-5-17(13-18)21(16)25-22(26)15-7-9-20(10-8-15)27-14-19-6-1-2-11-24-19;;/h1-2,6-11,16-18,21H,3-5,12-14,23H2,(H,25,26);2*1H. The van der Waals surface area contributed by atoms with Crippen LogP contribution in [0.5, 0.6) is 5.75 Å². The number of carbonyl (C=O) groups excluding carboxylic acids is 1. The number of nitrogens with zero attached hydrogens (tertiary/aromatic N) is 1. The van der Waals surface area contributed by atoms with Crippen LogP contribution in [-0.2, 0) is 6.61 Å². The molecule has 4 rings (SSSR count). The van der Waals surface area contributed by atoms with Gasteiger partial charge in [0.1, 0.15) is 12.4 Å². The van der Waals surface area contributed by atoms with Gasteiger partial charge in [0.05, 0.1) is 5.69 Å². The lowest BCUT2D eigenvalue weighted by Crippen LogP contribution is -2.53. The van der Waals surface area contributed by atoms with E-state index in [9.17, 15) is 4.79 Å². The zero-order chi connectivity index (χ0) is 18.6. The van der Waals surface area contributed by atoms with Crippen molar-refractivity contribution in [2.24, 2.45) is 17.6 Å². The van der Waals surface area contributed by atoms with Crippen LogP contribution in [0.2, 0.25) is 0 Å². The molecule has 2 saturated carbocycles. The maximum Gasteiger partial charge on any atom is 0.251 e. The number of pyridine rings is 1. The molecule has 2 aliphatic rings. The molecular formula is C22H29Cl2N3O2. The molecule has 0 spiro atoms. The van der Waals surface area contributed by atoms with E-state index in [0.717, 1.165) is 24.3 Å². The van der Waals surface area contributed by atoms with E-state index < -0.39 is 0 Å². The van der Waals surface area contributed by atoms with Crippen molar-refractivity contribution in [2.75, 3.05) is 0 Å². The van der Waals surface area contributed by atoms with Crippen molar-refractivity contribution in [3.63, 3.8) is 0 Å². The number of nitrogens with two attached hydrogens (primary N) is 1. The van der Waals surface area contributed by atoms with Crippen LogP contribution in [0.1, 0.15) is 48.2 Å². The van der Waals surface area contributed by atoms with Crippen LogP contribution in [0.15, 0.2) is 48.7 Å². The fourth-order valence-electron chi connectivity index (χ4n) is 4.60. The van der Waals surface area contributed by atoms with Gasteiger partial charge in [-0.2, -0.15) is 0 Å². The molecule has 1 aromatic heterocycles. The summed E-state index contributed by atoms with van der Waals surface area (Å²) in [6.07, 6.45) is 7.42. The van der Waals surface area contributed by atoms with E-state index >= 15 is 0 Å². The molecule has 0 radical (unpaired) electrons. The summed E-state index contributed by atoms with van der Waals surface area (Å²) in [4.78, 5) is 17.0. The van der Waals surface area contributed by atoms with Crippen LogP contribution < -0.4 is 15.8 Å². The first kappa shape index (κ1) is 23.5. The molecule has 2 aliphatic carbocycles. The van der Waals surface area contributed by atoms with E-state index in [1.54, 1.807) is 6.20 Å². The number of amides is 1. The number of hydrogen-bond donors (Lipinski definition) is 2. The van der Waals surface area contributed by atoms with Crippen LogP contribution in [0.3, 0.4) is 0 Å². The van der Waals surface area contributed by atoms with Gasteiger partial charge in [0.15, 0.2) is 0 Å². The fourth-order valence-corrected chi connectivity index (χ4v) is 4.60. The number of hydrogen-bond acceptors (Lipinski definition) is 4. The maximum atomic E-state index is 12.7. The highest BCUT2D eigenvalue weighted by Crippen LogP contribution is 2.39. The molecule has 5 nitrogen and oxygen atoms in total. The van der Waals surface area contributed by atoms with Crippen molar-refractivity contribution in [1.29, 1.82) is 0 Å². The Hall–Kier alpha value is -1.82. The van der Waals surface area contributed by atoms with Crippen molar-refractivity contribution in [3.05, 3.63) is 59.9 Å². The minimum Gasteiger partial charge on any atom is -0.487 e. The van der Waals surface area contributed by atoms with E-state index in [0.29, 0.717) is 30.0 Å². The molecule has 0 aliphatic heterocycles. The lowest BCUT2D eigenvalue weighted by Gasteiger charge is -2.45. The largest absolute Gasteiger partial charge is 0.487 e. The summed E-state index contributed by atoms with van der Waals surface area (Å²) in [5.74, 6) is 1.79. The lowest BCUT2D eigenvalue weighted by atomic mass is 9.67. The Kier molecular flexibility index (Phi) is 8.75. The third-order valence-electron chi connectivity index (χ3n) is 5.90. The second kappa shape index (κ2) is 10.8. The van der Waals surface area contributed by atoms with Gasteiger partial charge in [-0.05, 0) is 73.9 Å². The average molecular weight is 438 g/mol. The third-order valence-corrected chi connectivity index (χ3v) is 5.90. The molecule has 2 bridgehead atoms. The molecule has 158 valence electrons. The van der Waals surface area contributed by atoms with Crippen molar-refractivity contribution in [1.82, 2.24) is 10.3 Å². The number of benzene rings is 1. The molecule has 29 heavy (non-hydrogen) atoms. The van der Waals surface area contributed by atoms with Crippen LogP contribution in [0.4, 0.5) is 0 Å². The first-order chi connectivity index (χ1) is 13.2. The average Bonchev–Trinajstić information content (AvgIpc) is 2.68. The first-order valence-corrected chi connectivity index (χ1v) is 9.88. The molecule has 0 saturated heterocycles. The Bertz CT molecular complexity index is 759. The van der Waals surface area contributed by atoms with Gasteiger partial charge in [-0.15, -0.1) is 24.8 Å².